The van der Waals surface area contributed by atoms with Crippen molar-refractivity contribution in [1.82, 2.24) is 10.2 Å². The molecule has 0 radical (unpaired) electrons. The largest absolute Gasteiger partial charge is 0.354 e. The van der Waals surface area contributed by atoms with Crippen LogP contribution >= 0.6 is 23.2 Å². The molecule has 1 N–H and O–H groups in total. The van der Waals surface area contributed by atoms with E-state index in [1.54, 1.807) is 67.6 Å². The first-order chi connectivity index (χ1) is 21.5. The molecule has 4 aromatic rings. The van der Waals surface area contributed by atoms with Gasteiger partial charge in [-0.2, -0.15) is 0 Å². The van der Waals surface area contributed by atoms with Crippen molar-refractivity contribution in [1.29, 1.82) is 0 Å². The first kappa shape index (κ1) is 34.0. The van der Waals surface area contributed by atoms with Crippen LogP contribution in [-0.2, 0) is 32.6 Å². The zero-order chi connectivity index (χ0) is 32.6. The van der Waals surface area contributed by atoms with Gasteiger partial charge in [0.05, 0.1) is 10.6 Å². The summed E-state index contributed by atoms with van der Waals surface area (Å²) in [5.74, 6) is -0.726. The number of amides is 2. The SMILES string of the molecule is Cc1cc(Cl)ccc1N(CC(=O)N(Cc1ccccc1Cl)[C@H](Cc1ccccc1)C(=O)NCC(C)C)S(=O)(=O)c1ccccc1. The smallest absolute Gasteiger partial charge is 0.264 e. The second kappa shape index (κ2) is 15.4. The van der Waals surface area contributed by atoms with Crippen molar-refractivity contribution >= 4 is 50.7 Å². The van der Waals surface area contributed by atoms with Crippen molar-refractivity contribution in [2.24, 2.45) is 5.92 Å². The average molecular weight is 667 g/mol. The van der Waals surface area contributed by atoms with Crippen LogP contribution in [0.5, 0.6) is 0 Å². The summed E-state index contributed by atoms with van der Waals surface area (Å²) in [5.41, 5.74) is 2.35. The summed E-state index contributed by atoms with van der Waals surface area (Å²) in [7, 11) is -4.21. The molecule has 0 bridgehead atoms. The highest BCUT2D eigenvalue weighted by molar-refractivity contribution is 7.92. The number of nitrogens with zero attached hydrogens (tertiary/aromatic N) is 2. The minimum atomic E-state index is -4.21. The number of halogens is 2. The summed E-state index contributed by atoms with van der Waals surface area (Å²) in [5, 5.41) is 3.85. The predicted molar refractivity (Wildman–Crippen MR) is 181 cm³/mol. The van der Waals surface area contributed by atoms with Crippen LogP contribution in [0.2, 0.25) is 10.0 Å². The Labute approximate surface area is 275 Å². The fraction of sp³-hybridized carbons (Fsp3) is 0.257. The van der Waals surface area contributed by atoms with E-state index in [2.05, 4.69) is 5.32 Å². The third kappa shape index (κ3) is 8.87. The topological polar surface area (TPSA) is 86.8 Å². The molecular formula is C35H37Cl2N3O4S. The number of carbonyl (C=O) groups excluding carboxylic acids is 2. The number of carbonyl (C=O) groups is 2. The molecule has 0 fully saturated rings. The summed E-state index contributed by atoms with van der Waals surface area (Å²) in [6.07, 6.45) is 0.215. The van der Waals surface area contributed by atoms with Crippen LogP contribution in [0.4, 0.5) is 5.69 Å². The highest BCUT2D eigenvalue weighted by Crippen LogP contribution is 2.30. The Kier molecular flexibility index (Phi) is 11.7. The highest BCUT2D eigenvalue weighted by atomic mass is 35.5. The molecule has 0 spiro atoms. The molecule has 0 aliphatic heterocycles. The molecule has 1 atom stereocenters. The first-order valence-electron chi connectivity index (χ1n) is 14.7. The van der Waals surface area contributed by atoms with Gasteiger partial charge in [0.15, 0.2) is 0 Å². The molecule has 7 nitrogen and oxygen atoms in total. The van der Waals surface area contributed by atoms with Gasteiger partial charge >= 0.3 is 0 Å². The van der Waals surface area contributed by atoms with Crippen molar-refractivity contribution in [2.75, 3.05) is 17.4 Å². The molecule has 0 heterocycles. The lowest BCUT2D eigenvalue weighted by Gasteiger charge is -2.34. The highest BCUT2D eigenvalue weighted by Gasteiger charge is 2.35. The number of rotatable bonds is 13. The number of hydrogen-bond donors (Lipinski definition) is 1. The monoisotopic (exact) mass is 665 g/mol. The summed E-state index contributed by atoms with van der Waals surface area (Å²) in [6, 6.07) is 28.3. The van der Waals surface area contributed by atoms with Crippen LogP contribution < -0.4 is 9.62 Å². The standard InChI is InChI=1S/C35H37Cl2N3O4S/c1-25(2)22-38-35(42)33(21-27-12-6-4-7-13-27)39(23-28-14-10-11-17-31(28)37)34(41)24-40(32-19-18-29(36)20-26(32)3)45(43,44)30-15-8-5-9-16-30/h4-20,25,33H,21-24H2,1-3H3,(H,38,42)/t33-/m1/s1. The number of nitrogens with one attached hydrogen (secondary N) is 1. The Morgan fingerprint density at radius 2 is 1.47 bits per heavy atom. The van der Waals surface area contributed by atoms with E-state index in [-0.39, 0.29) is 29.7 Å². The lowest BCUT2D eigenvalue weighted by molar-refractivity contribution is -0.140. The summed E-state index contributed by atoms with van der Waals surface area (Å²) in [4.78, 5) is 29.9. The lowest BCUT2D eigenvalue weighted by Crippen LogP contribution is -2.53. The van der Waals surface area contributed by atoms with E-state index in [4.69, 9.17) is 23.2 Å². The molecule has 0 saturated carbocycles. The quantitative estimate of drug-likeness (QED) is 0.168. The van der Waals surface area contributed by atoms with Crippen LogP contribution in [0.1, 0.15) is 30.5 Å². The average Bonchev–Trinajstić information content (AvgIpc) is 3.02. The zero-order valence-electron chi connectivity index (χ0n) is 25.5. The third-order valence-electron chi connectivity index (χ3n) is 7.29. The Hall–Kier alpha value is -3.85. The van der Waals surface area contributed by atoms with Gasteiger partial charge in [-0.15, -0.1) is 0 Å². The molecular weight excluding hydrogens is 629 g/mol. The van der Waals surface area contributed by atoms with E-state index in [0.717, 1.165) is 9.87 Å². The van der Waals surface area contributed by atoms with Crippen LogP contribution in [0, 0.1) is 12.8 Å². The molecule has 45 heavy (non-hydrogen) atoms. The Morgan fingerprint density at radius 1 is 0.844 bits per heavy atom. The van der Waals surface area contributed by atoms with Crippen molar-refractivity contribution < 1.29 is 18.0 Å². The van der Waals surface area contributed by atoms with Gasteiger partial charge < -0.3 is 10.2 Å². The molecule has 10 heteroatoms. The van der Waals surface area contributed by atoms with Gasteiger partial charge in [0, 0.05) is 29.6 Å². The van der Waals surface area contributed by atoms with Crippen LogP contribution in [0.25, 0.3) is 0 Å². The maximum Gasteiger partial charge on any atom is 0.264 e. The Morgan fingerprint density at radius 3 is 2.09 bits per heavy atom. The van der Waals surface area contributed by atoms with Crippen LogP contribution in [-0.4, -0.2) is 44.3 Å². The summed E-state index contributed by atoms with van der Waals surface area (Å²) in [6.45, 7) is 5.55. The summed E-state index contributed by atoms with van der Waals surface area (Å²) < 4.78 is 29.4. The number of benzene rings is 4. The van der Waals surface area contributed by atoms with E-state index >= 15 is 0 Å². The van der Waals surface area contributed by atoms with Gasteiger partial charge in [0.2, 0.25) is 11.8 Å². The Balaban J connectivity index is 1.82. The van der Waals surface area contributed by atoms with E-state index in [9.17, 15) is 18.0 Å². The van der Waals surface area contributed by atoms with Gasteiger partial charge in [0.1, 0.15) is 12.6 Å². The maximum atomic E-state index is 14.5. The molecule has 0 unspecified atom stereocenters. The molecule has 0 aromatic heterocycles. The van der Waals surface area contributed by atoms with E-state index < -0.39 is 28.5 Å². The van der Waals surface area contributed by atoms with E-state index in [1.165, 1.54) is 17.0 Å². The second-order valence-corrected chi connectivity index (χ2v) is 13.9. The second-order valence-electron chi connectivity index (χ2n) is 11.2. The Bertz CT molecular complexity index is 1720. The number of aryl methyl sites for hydroxylation is 1. The first-order valence-corrected chi connectivity index (χ1v) is 16.9. The van der Waals surface area contributed by atoms with Crippen LogP contribution in [0.15, 0.2) is 108 Å². The van der Waals surface area contributed by atoms with Gasteiger partial charge in [-0.3, -0.25) is 13.9 Å². The van der Waals surface area contributed by atoms with E-state index in [1.807, 2.05) is 44.2 Å². The molecule has 236 valence electrons. The van der Waals surface area contributed by atoms with Gasteiger partial charge in [-0.05, 0) is 65.9 Å². The lowest BCUT2D eigenvalue weighted by atomic mass is 10.0. The molecule has 4 aromatic carbocycles. The van der Waals surface area contributed by atoms with Gasteiger partial charge in [0.25, 0.3) is 10.0 Å². The minimum Gasteiger partial charge on any atom is -0.354 e. The van der Waals surface area contributed by atoms with Crippen LogP contribution in [0.3, 0.4) is 0 Å². The molecule has 0 saturated heterocycles. The number of anilines is 1. The van der Waals surface area contributed by atoms with Gasteiger partial charge in [-0.25, -0.2) is 8.42 Å². The minimum absolute atomic E-state index is 0.00999. The predicted octanol–water partition coefficient (Wildman–Crippen LogP) is 6.91. The number of sulfonamides is 1. The molecule has 0 aliphatic rings. The molecule has 0 aliphatic carbocycles. The fourth-order valence-electron chi connectivity index (χ4n) is 4.92. The number of hydrogen-bond acceptors (Lipinski definition) is 4. The molecule has 2 amide bonds. The fourth-order valence-corrected chi connectivity index (χ4v) is 6.84. The maximum absolute atomic E-state index is 14.5. The summed E-state index contributed by atoms with van der Waals surface area (Å²) >= 11 is 12.8. The van der Waals surface area contributed by atoms with Crippen molar-refractivity contribution in [3.05, 3.63) is 130 Å². The third-order valence-corrected chi connectivity index (χ3v) is 9.67. The van der Waals surface area contributed by atoms with E-state index in [0.29, 0.717) is 33.4 Å². The zero-order valence-corrected chi connectivity index (χ0v) is 27.8. The van der Waals surface area contributed by atoms with Crippen molar-refractivity contribution in [3.63, 3.8) is 0 Å². The van der Waals surface area contributed by atoms with Crippen molar-refractivity contribution in [2.45, 2.75) is 44.7 Å². The van der Waals surface area contributed by atoms with Crippen molar-refractivity contribution in [3.8, 4) is 0 Å². The normalized spacial score (nSPS) is 12.0. The van der Waals surface area contributed by atoms with Gasteiger partial charge in [-0.1, -0.05) is 104 Å². The molecule has 4 rings (SSSR count).